The molecule has 2 aromatic carbocycles. The van der Waals surface area contributed by atoms with E-state index >= 15 is 0 Å². The van der Waals surface area contributed by atoms with Crippen molar-refractivity contribution in [2.24, 2.45) is 5.84 Å². The van der Waals surface area contributed by atoms with Gasteiger partial charge in [0, 0.05) is 0 Å². The molecule has 0 atom stereocenters. The third-order valence-electron chi connectivity index (χ3n) is 2.71. The van der Waals surface area contributed by atoms with Crippen molar-refractivity contribution < 1.29 is 14.1 Å². The molecule has 20 heavy (non-hydrogen) atoms. The number of halogens is 1. The van der Waals surface area contributed by atoms with Gasteiger partial charge in [-0.25, -0.2) is 4.39 Å². The molecule has 0 fully saturated rings. The zero-order valence-corrected chi connectivity index (χ0v) is 10.6. The molecule has 0 saturated heterocycles. The number of anilines is 1. The molecule has 0 unspecified atom stereocenters. The standard InChI is InChI=1S/C13H12FN3O3/c1-8-4-2-6-10(12(8)14)20-11-7-3-5-9(16-15)13(11)17(18)19/h2-7,16H,15H2,1H3. The average Bonchev–Trinajstić information content (AvgIpc) is 2.43. The summed E-state index contributed by atoms with van der Waals surface area (Å²) in [7, 11) is 0. The molecule has 7 heteroatoms. The minimum Gasteiger partial charge on any atom is -0.447 e. The molecule has 0 aliphatic rings. The van der Waals surface area contributed by atoms with E-state index in [4.69, 9.17) is 10.6 Å². The minimum atomic E-state index is -0.641. The van der Waals surface area contributed by atoms with Gasteiger partial charge in [0.05, 0.1) is 4.92 Å². The third kappa shape index (κ3) is 2.52. The van der Waals surface area contributed by atoms with E-state index in [2.05, 4.69) is 5.43 Å². The lowest BCUT2D eigenvalue weighted by Crippen LogP contribution is -2.09. The van der Waals surface area contributed by atoms with Crippen LogP contribution in [0.25, 0.3) is 0 Å². The van der Waals surface area contributed by atoms with Crippen molar-refractivity contribution in [3.05, 3.63) is 57.9 Å². The van der Waals surface area contributed by atoms with E-state index < -0.39 is 10.7 Å². The van der Waals surface area contributed by atoms with Crippen molar-refractivity contribution in [1.82, 2.24) is 0 Å². The number of nitrogens with one attached hydrogen (secondary N) is 1. The van der Waals surface area contributed by atoms with E-state index in [9.17, 15) is 14.5 Å². The number of nitro groups is 1. The van der Waals surface area contributed by atoms with Gasteiger partial charge in [0.25, 0.3) is 0 Å². The Morgan fingerprint density at radius 3 is 2.55 bits per heavy atom. The fourth-order valence-corrected chi connectivity index (χ4v) is 1.73. The maximum Gasteiger partial charge on any atom is 0.335 e. The molecular formula is C13H12FN3O3. The first-order valence-electron chi connectivity index (χ1n) is 5.71. The summed E-state index contributed by atoms with van der Waals surface area (Å²) in [6.45, 7) is 1.58. The number of aryl methyl sites for hydroxylation is 1. The van der Waals surface area contributed by atoms with Gasteiger partial charge >= 0.3 is 5.69 Å². The van der Waals surface area contributed by atoms with Gasteiger partial charge in [-0.1, -0.05) is 18.2 Å². The Bertz CT molecular complexity index is 661. The number of nitrogen functional groups attached to an aromatic ring is 1. The molecule has 0 bridgehead atoms. The van der Waals surface area contributed by atoms with Gasteiger partial charge in [-0.05, 0) is 30.7 Å². The van der Waals surface area contributed by atoms with Gasteiger partial charge in [0.1, 0.15) is 5.69 Å². The minimum absolute atomic E-state index is 0.0812. The quantitative estimate of drug-likeness (QED) is 0.509. The second kappa shape index (κ2) is 5.54. The van der Waals surface area contributed by atoms with Crippen LogP contribution < -0.4 is 16.0 Å². The fraction of sp³-hybridized carbons (Fsp3) is 0.0769. The summed E-state index contributed by atoms with van der Waals surface area (Å²) in [4.78, 5) is 10.4. The van der Waals surface area contributed by atoms with Crippen molar-refractivity contribution in [2.75, 3.05) is 5.43 Å². The number of para-hydroxylation sites is 1. The second-order valence-electron chi connectivity index (χ2n) is 4.04. The number of ether oxygens (including phenoxy) is 1. The van der Waals surface area contributed by atoms with E-state index in [-0.39, 0.29) is 22.9 Å². The van der Waals surface area contributed by atoms with Crippen LogP contribution in [-0.2, 0) is 0 Å². The highest BCUT2D eigenvalue weighted by atomic mass is 19.1. The van der Waals surface area contributed by atoms with Crippen molar-refractivity contribution in [1.29, 1.82) is 0 Å². The van der Waals surface area contributed by atoms with Crippen LogP contribution in [0.3, 0.4) is 0 Å². The maximum atomic E-state index is 13.9. The molecule has 104 valence electrons. The summed E-state index contributed by atoms with van der Waals surface area (Å²) in [5.74, 6) is 4.49. The van der Waals surface area contributed by atoms with E-state index in [1.165, 1.54) is 24.3 Å². The summed E-state index contributed by atoms with van der Waals surface area (Å²) >= 11 is 0. The number of hydrazine groups is 1. The molecule has 0 spiro atoms. The Morgan fingerprint density at radius 2 is 1.90 bits per heavy atom. The first-order chi connectivity index (χ1) is 9.54. The van der Waals surface area contributed by atoms with E-state index in [1.54, 1.807) is 19.1 Å². The van der Waals surface area contributed by atoms with Crippen LogP contribution in [0.15, 0.2) is 36.4 Å². The zero-order chi connectivity index (χ0) is 14.7. The summed E-state index contributed by atoms with van der Waals surface area (Å²) < 4.78 is 19.2. The SMILES string of the molecule is Cc1cccc(Oc2cccc(NN)c2[N+](=O)[O-])c1F. The number of rotatable bonds is 4. The average molecular weight is 277 g/mol. The summed E-state index contributed by atoms with van der Waals surface area (Å²) in [6.07, 6.45) is 0. The highest BCUT2D eigenvalue weighted by Gasteiger charge is 2.22. The predicted molar refractivity (Wildman–Crippen MR) is 72.1 cm³/mol. The number of hydrogen-bond donors (Lipinski definition) is 2. The molecule has 0 amide bonds. The van der Waals surface area contributed by atoms with Crippen LogP contribution in [0.5, 0.6) is 11.5 Å². The van der Waals surface area contributed by atoms with E-state index in [0.717, 1.165) is 0 Å². The number of nitrogens with two attached hydrogens (primary N) is 1. The lowest BCUT2D eigenvalue weighted by atomic mass is 10.2. The van der Waals surface area contributed by atoms with Gasteiger partial charge in [-0.3, -0.25) is 16.0 Å². The molecule has 2 rings (SSSR count). The normalized spacial score (nSPS) is 10.2. The van der Waals surface area contributed by atoms with Crippen molar-refractivity contribution in [2.45, 2.75) is 6.92 Å². The lowest BCUT2D eigenvalue weighted by Gasteiger charge is -2.10. The van der Waals surface area contributed by atoms with Crippen molar-refractivity contribution >= 4 is 11.4 Å². The summed E-state index contributed by atoms with van der Waals surface area (Å²) in [5, 5.41) is 11.1. The lowest BCUT2D eigenvalue weighted by molar-refractivity contribution is -0.384. The molecule has 3 N–H and O–H groups in total. The molecule has 0 radical (unpaired) electrons. The summed E-state index contributed by atoms with van der Waals surface area (Å²) in [5.41, 5.74) is 2.33. The van der Waals surface area contributed by atoms with Gasteiger partial charge in [0.2, 0.25) is 5.75 Å². The van der Waals surface area contributed by atoms with Crippen LogP contribution in [0.2, 0.25) is 0 Å². The predicted octanol–water partition coefficient (Wildman–Crippen LogP) is 3.12. The van der Waals surface area contributed by atoms with Gasteiger partial charge < -0.3 is 10.2 Å². The van der Waals surface area contributed by atoms with Gasteiger partial charge in [0.15, 0.2) is 11.6 Å². The molecule has 0 aliphatic carbocycles. The van der Waals surface area contributed by atoms with E-state index in [1.807, 2.05) is 0 Å². The second-order valence-corrected chi connectivity index (χ2v) is 4.04. The fourth-order valence-electron chi connectivity index (χ4n) is 1.73. The first-order valence-corrected chi connectivity index (χ1v) is 5.71. The molecular weight excluding hydrogens is 265 g/mol. The molecule has 0 aromatic heterocycles. The molecule has 0 aliphatic heterocycles. The largest absolute Gasteiger partial charge is 0.447 e. The maximum absolute atomic E-state index is 13.9. The Morgan fingerprint density at radius 1 is 1.25 bits per heavy atom. The number of nitrogens with zero attached hydrogens (tertiary/aromatic N) is 1. The Balaban J connectivity index is 2.48. The monoisotopic (exact) mass is 277 g/mol. The van der Waals surface area contributed by atoms with Crippen LogP contribution >= 0.6 is 0 Å². The van der Waals surface area contributed by atoms with Crippen LogP contribution in [0.1, 0.15) is 5.56 Å². The van der Waals surface area contributed by atoms with Crippen LogP contribution in [0, 0.1) is 22.9 Å². The Labute approximate surface area is 114 Å². The van der Waals surface area contributed by atoms with Crippen molar-refractivity contribution in [3.8, 4) is 11.5 Å². The molecule has 6 nitrogen and oxygen atoms in total. The highest BCUT2D eigenvalue weighted by Crippen LogP contribution is 2.37. The van der Waals surface area contributed by atoms with E-state index in [0.29, 0.717) is 5.56 Å². The smallest absolute Gasteiger partial charge is 0.335 e. The number of benzene rings is 2. The Kier molecular flexibility index (Phi) is 3.81. The topological polar surface area (TPSA) is 90.4 Å². The molecule has 0 heterocycles. The van der Waals surface area contributed by atoms with Crippen LogP contribution in [0.4, 0.5) is 15.8 Å². The Hall–Kier alpha value is -2.67. The molecule has 2 aromatic rings. The zero-order valence-electron chi connectivity index (χ0n) is 10.6. The number of nitro benzene ring substituents is 1. The van der Waals surface area contributed by atoms with Crippen LogP contribution in [-0.4, -0.2) is 4.92 Å². The summed E-state index contributed by atoms with van der Waals surface area (Å²) in [6, 6.07) is 8.90. The van der Waals surface area contributed by atoms with Gasteiger partial charge in [-0.15, -0.1) is 0 Å². The molecule has 0 saturated carbocycles. The first kappa shape index (κ1) is 13.8. The number of hydrogen-bond acceptors (Lipinski definition) is 5. The van der Waals surface area contributed by atoms with Crippen molar-refractivity contribution in [3.63, 3.8) is 0 Å². The third-order valence-corrected chi connectivity index (χ3v) is 2.71. The highest BCUT2D eigenvalue weighted by molar-refractivity contribution is 5.68. The van der Waals surface area contributed by atoms with Gasteiger partial charge in [-0.2, -0.15) is 0 Å².